The van der Waals surface area contributed by atoms with Gasteiger partial charge in [-0.05, 0) is 62.4 Å². The summed E-state index contributed by atoms with van der Waals surface area (Å²) in [6.45, 7) is 4.70. The number of nitrogens with two attached hydrogens (primary N) is 1. The second kappa shape index (κ2) is 14.3. The molecule has 1 aromatic heterocycles. The van der Waals surface area contributed by atoms with E-state index in [1.165, 1.54) is 6.33 Å². The molecule has 3 atom stereocenters. The van der Waals surface area contributed by atoms with Crippen LogP contribution in [0.4, 0.5) is 0 Å². The van der Waals surface area contributed by atoms with Crippen molar-refractivity contribution in [3.63, 3.8) is 0 Å². The Hall–Kier alpha value is -3.44. The number of hydrogen-bond donors (Lipinski definition) is 2. The van der Waals surface area contributed by atoms with Gasteiger partial charge >= 0.3 is 5.97 Å². The van der Waals surface area contributed by atoms with Crippen LogP contribution in [0.15, 0.2) is 30.7 Å². The summed E-state index contributed by atoms with van der Waals surface area (Å²) in [5, 5.41) is 10.5. The molecule has 0 aliphatic carbocycles. The number of aromatic nitrogens is 2. The number of nitrogens with zero attached hydrogens (tertiary/aromatic N) is 4. The molecule has 0 bridgehead atoms. The summed E-state index contributed by atoms with van der Waals surface area (Å²) in [5.74, 6) is -0.414. The summed E-state index contributed by atoms with van der Waals surface area (Å²) in [4.78, 5) is 38.7. The summed E-state index contributed by atoms with van der Waals surface area (Å²) in [6.07, 6.45) is 7.91. The number of carbonyl (C=O) groups excluding carboxylic acids is 1. The zero-order valence-corrected chi connectivity index (χ0v) is 23.5. The van der Waals surface area contributed by atoms with Gasteiger partial charge in [-0.1, -0.05) is 13.3 Å². The van der Waals surface area contributed by atoms with Crippen LogP contribution in [0, 0.1) is 5.92 Å². The zero-order valence-electron chi connectivity index (χ0n) is 23.5. The number of ether oxygens (including phenoxy) is 3. The van der Waals surface area contributed by atoms with E-state index in [0.717, 1.165) is 36.9 Å². The molecule has 1 saturated heterocycles. The minimum Gasteiger partial charge on any atom is -0.493 e. The Morgan fingerprint density at radius 2 is 2.05 bits per heavy atom. The van der Waals surface area contributed by atoms with E-state index in [1.807, 2.05) is 28.0 Å². The normalized spacial score (nSPS) is 20.0. The first-order valence-corrected chi connectivity index (χ1v) is 14.1. The molecule has 2 aromatic rings. The van der Waals surface area contributed by atoms with Crippen LogP contribution in [-0.4, -0.2) is 89.4 Å². The highest BCUT2D eigenvalue weighted by Crippen LogP contribution is 2.47. The number of carboxylic acid groups (broad SMARTS) is 1. The second-order valence-corrected chi connectivity index (χ2v) is 10.4. The Bertz CT molecular complexity index is 1130. The van der Waals surface area contributed by atoms with Crippen LogP contribution >= 0.6 is 0 Å². The Kier molecular flexibility index (Phi) is 10.5. The summed E-state index contributed by atoms with van der Waals surface area (Å²) < 4.78 is 16.7. The number of rotatable bonds is 15. The maximum Gasteiger partial charge on any atom is 0.308 e. The molecule has 0 saturated carbocycles. The minimum atomic E-state index is -0.893. The first-order chi connectivity index (χ1) is 19.5. The quantitative estimate of drug-likeness (QED) is 0.315. The average molecular weight is 556 g/mol. The summed E-state index contributed by atoms with van der Waals surface area (Å²) in [7, 11) is 1.55. The third-order valence-corrected chi connectivity index (χ3v) is 7.84. The van der Waals surface area contributed by atoms with Crippen LogP contribution in [0.2, 0.25) is 0 Å². The Morgan fingerprint density at radius 3 is 2.75 bits per heavy atom. The van der Waals surface area contributed by atoms with Crippen molar-refractivity contribution in [3.05, 3.63) is 42.0 Å². The number of fused-ring (bicyclic) bond motifs is 1. The van der Waals surface area contributed by atoms with Crippen LogP contribution in [0.25, 0.3) is 0 Å². The Labute approximate surface area is 235 Å². The van der Waals surface area contributed by atoms with Gasteiger partial charge in [0.2, 0.25) is 18.4 Å². The van der Waals surface area contributed by atoms with Gasteiger partial charge in [0.15, 0.2) is 11.5 Å². The number of aryl methyl sites for hydroxylation is 1. The first-order valence-electron chi connectivity index (χ1n) is 14.1. The molecule has 1 amide bonds. The van der Waals surface area contributed by atoms with Crippen molar-refractivity contribution in [2.75, 3.05) is 46.6 Å². The smallest absolute Gasteiger partial charge is 0.308 e. The van der Waals surface area contributed by atoms with Gasteiger partial charge in [0, 0.05) is 43.5 Å². The van der Waals surface area contributed by atoms with Crippen molar-refractivity contribution in [1.82, 2.24) is 19.8 Å². The van der Waals surface area contributed by atoms with Crippen molar-refractivity contribution < 1.29 is 28.9 Å². The maximum atomic E-state index is 13.6. The molecule has 0 radical (unpaired) electrons. The van der Waals surface area contributed by atoms with E-state index < -0.39 is 11.9 Å². The van der Waals surface area contributed by atoms with Gasteiger partial charge in [0.1, 0.15) is 6.33 Å². The van der Waals surface area contributed by atoms with E-state index in [9.17, 15) is 14.7 Å². The summed E-state index contributed by atoms with van der Waals surface area (Å²) in [6, 6.07) is 5.15. The largest absolute Gasteiger partial charge is 0.493 e. The van der Waals surface area contributed by atoms with Crippen molar-refractivity contribution in [2.45, 2.75) is 57.4 Å². The predicted molar refractivity (Wildman–Crippen MR) is 148 cm³/mol. The number of unbranched alkanes of at least 4 members (excludes halogenated alkanes) is 2. The van der Waals surface area contributed by atoms with Crippen molar-refractivity contribution in [2.24, 2.45) is 11.7 Å². The van der Waals surface area contributed by atoms with Gasteiger partial charge in [0.25, 0.3) is 0 Å². The number of amides is 1. The van der Waals surface area contributed by atoms with Crippen LogP contribution < -0.4 is 19.9 Å². The predicted octanol–water partition coefficient (Wildman–Crippen LogP) is 2.68. The fraction of sp³-hybridized carbons (Fsp3) is 0.586. The third-order valence-electron chi connectivity index (χ3n) is 7.84. The van der Waals surface area contributed by atoms with Gasteiger partial charge in [0.05, 0.1) is 19.6 Å². The van der Waals surface area contributed by atoms with Crippen LogP contribution in [-0.2, 0) is 16.0 Å². The highest BCUT2D eigenvalue weighted by atomic mass is 16.7. The molecule has 4 rings (SSSR count). The van der Waals surface area contributed by atoms with E-state index in [1.54, 1.807) is 13.3 Å². The van der Waals surface area contributed by atoms with Crippen molar-refractivity contribution >= 4 is 11.9 Å². The van der Waals surface area contributed by atoms with Gasteiger partial charge in [-0.25, -0.2) is 9.97 Å². The standard InChI is InChI=1S/C29H41N5O6/c1-3-4-12-33(13-6-5-10-30)26(35)17-34-16-22(20-14-24(38-2)28-25(15-20)39-19-40-28)27(29(36)37)23(34)8-7-21-9-11-31-18-32-21/h9,11,14-15,18,22-23,27H,3-8,10,12-13,16-17,19,30H2,1-2H3,(H,36,37). The van der Waals surface area contributed by atoms with Gasteiger partial charge < -0.3 is 30.0 Å². The molecule has 3 N–H and O–H groups in total. The zero-order chi connectivity index (χ0) is 28.5. The van der Waals surface area contributed by atoms with Gasteiger partial charge in [-0.15, -0.1) is 0 Å². The van der Waals surface area contributed by atoms with E-state index in [4.69, 9.17) is 19.9 Å². The molecular formula is C29H41N5O6. The molecule has 11 nitrogen and oxygen atoms in total. The lowest BCUT2D eigenvalue weighted by Gasteiger charge is -2.29. The molecule has 218 valence electrons. The van der Waals surface area contributed by atoms with Crippen LogP contribution in [0.5, 0.6) is 17.2 Å². The lowest BCUT2D eigenvalue weighted by Crippen LogP contribution is -2.45. The third kappa shape index (κ3) is 7.00. The highest BCUT2D eigenvalue weighted by Gasteiger charge is 2.47. The highest BCUT2D eigenvalue weighted by molar-refractivity contribution is 5.79. The maximum absolute atomic E-state index is 13.6. The molecule has 1 aromatic carbocycles. The van der Waals surface area contributed by atoms with E-state index >= 15 is 0 Å². The average Bonchev–Trinajstić information content (AvgIpc) is 3.58. The Balaban J connectivity index is 1.62. The molecular weight excluding hydrogens is 514 g/mol. The number of likely N-dealkylation sites (tertiary alicyclic amines) is 1. The fourth-order valence-corrected chi connectivity index (χ4v) is 5.75. The topological polar surface area (TPSA) is 140 Å². The van der Waals surface area contributed by atoms with Crippen LogP contribution in [0.3, 0.4) is 0 Å². The SMILES string of the molecule is CCCCN(CCCCN)C(=O)CN1CC(c2cc(OC)c3c(c2)OCO3)C(C(=O)O)C1CCc1ccncn1. The van der Waals surface area contributed by atoms with Gasteiger partial charge in [-0.2, -0.15) is 0 Å². The van der Waals surface area contributed by atoms with Crippen molar-refractivity contribution in [3.8, 4) is 17.2 Å². The Morgan fingerprint density at radius 1 is 1.23 bits per heavy atom. The number of methoxy groups -OCH3 is 1. The van der Waals surface area contributed by atoms with E-state index in [-0.39, 0.29) is 31.2 Å². The molecule has 0 spiro atoms. The number of carboxylic acids is 1. The van der Waals surface area contributed by atoms with Crippen LogP contribution in [0.1, 0.15) is 56.2 Å². The molecule has 11 heteroatoms. The van der Waals surface area contributed by atoms with E-state index in [0.29, 0.717) is 56.3 Å². The van der Waals surface area contributed by atoms with Crippen molar-refractivity contribution in [1.29, 1.82) is 0 Å². The molecule has 1 fully saturated rings. The molecule has 2 aliphatic heterocycles. The lowest BCUT2D eigenvalue weighted by molar-refractivity contribution is -0.143. The lowest BCUT2D eigenvalue weighted by atomic mass is 9.83. The monoisotopic (exact) mass is 555 g/mol. The minimum absolute atomic E-state index is 0.0190. The number of hydrogen-bond acceptors (Lipinski definition) is 9. The second-order valence-electron chi connectivity index (χ2n) is 10.4. The molecule has 3 unspecified atom stereocenters. The number of benzene rings is 1. The molecule has 40 heavy (non-hydrogen) atoms. The molecule has 3 heterocycles. The summed E-state index contributed by atoms with van der Waals surface area (Å²) in [5.41, 5.74) is 7.32. The number of aliphatic carboxylic acids is 1. The first kappa shape index (κ1) is 29.5. The van der Waals surface area contributed by atoms with E-state index in [2.05, 4.69) is 16.9 Å². The fourth-order valence-electron chi connectivity index (χ4n) is 5.75. The van der Waals surface area contributed by atoms with Gasteiger partial charge in [-0.3, -0.25) is 14.5 Å². The summed E-state index contributed by atoms with van der Waals surface area (Å²) >= 11 is 0. The molecule has 2 aliphatic rings. The number of carbonyl (C=O) groups is 2.